The average molecular weight is 303 g/mol. The van der Waals surface area contributed by atoms with Crippen LogP contribution in [-0.2, 0) is 6.18 Å². The molecule has 0 saturated heterocycles. The normalized spacial score (nSPS) is 12.5. The molecule has 0 unspecified atom stereocenters. The highest BCUT2D eigenvalue weighted by Gasteiger charge is 2.35. The van der Waals surface area contributed by atoms with Crippen molar-refractivity contribution in [3.63, 3.8) is 0 Å². The molecule has 0 spiro atoms. The molecule has 0 N–H and O–H groups in total. The minimum Gasteiger partial charge on any atom is -0.330 e. The summed E-state index contributed by atoms with van der Waals surface area (Å²) in [6, 6.07) is 2.42. The van der Waals surface area contributed by atoms with Gasteiger partial charge in [0.15, 0.2) is 0 Å². The van der Waals surface area contributed by atoms with E-state index in [1.165, 1.54) is 10.6 Å². The van der Waals surface area contributed by atoms with Gasteiger partial charge in [0.25, 0.3) is 0 Å². The molecule has 0 aliphatic rings. The van der Waals surface area contributed by atoms with E-state index in [2.05, 4.69) is 0 Å². The first kappa shape index (κ1) is 10.9. The SMILES string of the molecule is CC(C)n1c(I)ccc1C(F)(F)F. The van der Waals surface area contributed by atoms with Crippen LogP contribution in [0.3, 0.4) is 0 Å². The summed E-state index contributed by atoms with van der Waals surface area (Å²) in [7, 11) is 0. The van der Waals surface area contributed by atoms with Crippen LogP contribution in [0.1, 0.15) is 25.6 Å². The lowest BCUT2D eigenvalue weighted by Gasteiger charge is -2.16. The standard InChI is InChI=1S/C8H9F3IN/c1-5(2)13-6(8(9,10)11)3-4-7(13)12/h3-5H,1-2H3. The van der Waals surface area contributed by atoms with Gasteiger partial charge in [0.1, 0.15) is 5.69 Å². The lowest BCUT2D eigenvalue weighted by molar-refractivity contribution is -0.144. The number of halogens is 4. The molecular weight excluding hydrogens is 294 g/mol. The number of hydrogen-bond acceptors (Lipinski definition) is 0. The van der Waals surface area contributed by atoms with E-state index < -0.39 is 11.9 Å². The predicted octanol–water partition coefficient (Wildman–Crippen LogP) is 3.69. The highest BCUT2D eigenvalue weighted by atomic mass is 127. The van der Waals surface area contributed by atoms with Crippen molar-refractivity contribution in [2.45, 2.75) is 26.1 Å². The van der Waals surface area contributed by atoms with Gasteiger partial charge in [0.2, 0.25) is 0 Å². The second-order valence-corrected chi connectivity index (χ2v) is 4.11. The zero-order valence-electron chi connectivity index (χ0n) is 7.19. The zero-order valence-corrected chi connectivity index (χ0v) is 9.35. The Morgan fingerprint density at radius 2 is 1.85 bits per heavy atom. The molecule has 0 aromatic carbocycles. The van der Waals surface area contributed by atoms with Gasteiger partial charge in [-0.15, -0.1) is 0 Å². The third-order valence-electron chi connectivity index (χ3n) is 1.68. The molecule has 0 saturated carbocycles. The molecule has 1 rings (SSSR count). The van der Waals surface area contributed by atoms with Gasteiger partial charge in [-0.05, 0) is 48.6 Å². The Labute approximate surface area is 88.1 Å². The van der Waals surface area contributed by atoms with Crippen LogP contribution >= 0.6 is 22.6 Å². The summed E-state index contributed by atoms with van der Waals surface area (Å²) in [5, 5.41) is 0. The third kappa shape index (κ3) is 2.18. The van der Waals surface area contributed by atoms with Gasteiger partial charge in [-0.3, -0.25) is 0 Å². The molecular formula is C8H9F3IN. The van der Waals surface area contributed by atoms with Gasteiger partial charge in [0, 0.05) is 6.04 Å². The van der Waals surface area contributed by atoms with E-state index in [9.17, 15) is 13.2 Å². The number of alkyl halides is 3. The van der Waals surface area contributed by atoms with Crippen molar-refractivity contribution in [1.29, 1.82) is 0 Å². The minimum atomic E-state index is -4.26. The summed E-state index contributed by atoms with van der Waals surface area (Å²) in [4.78, 5) is 0. The maximum absolute atomic E-state index is 12.4. The van der Waals surface area contributed by atoms with Gasteiger partial charge in [0.05, 0.1) is 3.70 Å². The molecule has 0 bridgehead atoms. The van der Waals surface area contributed by atoms with Crippen LogP contribution in [0, 0.1) is 3.70 Å². The minimum absolute atomic E-state index is 0.168. The first-order chi connectivity index (χ1) is 5.84. The van der Waals surface area contributed by atoms with Gasteiger partial charge < -0.3 is 4.57 Å². The third-order valence-corrected chi connectivity index (χ3v) is 2.55. The monoisotopic (exact) mass is 303 g/mol. The highest BCUT2D eigenvalue weighted by molar-refractivity contribution is 14.1. The van der Waals surface area contributed by atoms with E-state index in [1.807, 2.05) is 22.6 Å². The van der Waals surface area contributed by atoms with E-state index in [0.29, 0.717) is 3.70 Å². The molecule has 1 heterocycles. The molecule has 0 fully saturated rings. The lowest BCUT2D eigenvalue weighted by atomic mass is 10.3. The molecule has 0 amide bonds. The second-order valence-electron chi connectivity index (χ2n) is 3.00. The van der Waals surface area contributed by atoms with Crippen LogP contribution in [0.4, 0.5) is 13.2 Å². The topological polar surface area (TPSA) is 4.93 Å². The quantitative estimate of drug-likeness (QED) is 0.697. The maximum Gasteiger partial charge on any atom is 0.431 e. The lowest BCUT2D eigenvalue weighted by Crippen LogP contribution is -2.16. The first-order valence-electron chi connectivity index (χ1n) is 3.78. The molecule has 0 radical (unpaired) electrons. The molecule has 1 aromatic heterocycles. The van der Waals surface area contributed by atoms with Crippen LogP contribution in [-0.4, -0.2) is 4.57 Å². The summed E-state index contributed by atoms with van der Waals surface area (Å²) in [5.74, 6) is 0. The Bertz CT molecular complexity index is 301. The molecule has 0 aliphatic carbocycles. The Kier molecular flexibility index (Phi) is 2.94. The summed E-state index contributed by atoms with van der Waals surface area (Å²) in [5.41, 5.74) is -0.577. The summed E-state index contributed by atoms with van der Waals surface area (Å²) in [6.45, 7) is 3.47. The fourth-order valence-corrected chi connectivity index (χ4v) is 2.18. The van der Waals surface area contributed by atoms with E-state index in [0.717, 1.165) is 6.07 Å². The van der Waals surface area contributed by atoms with Crippen molar-refractivity contribution >= 4 is 22.6 Å². The van der Waals surface area contributed by atoms with Crippen LogP contribution in [0.15, 0.2) is 12.1 Å². The maximum atomic E-state index is 12.4. The Hall–Kier alpha value is -0.200. The van der Waals surface area contributed by atoms with E-state index in [-0.39, 0.29) is 6.04 Å². The van der Waals surface area contributed by atoms with Crippen LogP contribution in [0.2, 0.25) is 0 Å². The van der Waals surface area contributed by atoms with Crippen molar-refractivity contribution < 1.29 is 13.2 Å². The van der Waals surface area contributed by atoms with Crippen LogP contribution < -0.4 is 0 Å². The van der Waals surface area contributed by atoms with Crippen molar-refractivity contribution in [2.24, 2.45) is 0 Å². The van der Waals surface area contributed by atoms with Crippen LogP contribution in [0.5, 0.6) is 0 Å². The largest absolute Gasteiger partial charge is 0.431 e. The van der Waals surface area contributed by atoms with E-state index >= 15 is 0 Å². The molecule has 5 heteroatoms. The molecule has 1 aromatic rings. The number of nitrogens with zero attached hydrogens (tertiary/aromatic N) is 1. The van der Waals surface area contributed by atoms with Gasteiger partial charge in [-0.25, -0.2) is 0 Å². The summed E-state index contributed by atoms with van der Waals surface area (Å²) in [6.07, 6.45) is -4.26. The first-order valence-corrected chi connectivity index (χ1v) is 4.86. The van der Waals surface area contributed by atoms with Crippen molar-refractivity contribution in [3.8, 4) is 0 Å². The molecule has 1 nitrogen and oxygen atoms in total. The van der Waals surface area contributed by atoms with Gasteiger partial charge >= 0.3 is 6.18 Å². The zero-order chi connectivity index (χ0) is 10.2. The average Bonchev–Trinajstić information content (AvgIpc) is 2.28. The predicted molar refractivity (Wildman–Crippen MR) is 52.5 cm³/mol. The van der Waals surface area contributed by atoms with Gasteiger partial charge in [-0.1, -0.05) is 0 Å². The summed E-state index contributed by atoms with van der Waals surface area (Å²) >= 11 is 1.90. The molecule has 74 valence electrons. The van der Waals surface area contributed by atoms with Crippen molar-refractivity contribution in [2.75, 3.05) is 0 Å². The smallest absolute Gasteiger partial charge is 0.330 e. The fraction of sp³-hybridized carbons (Fsp3) is 0.500. The summed E-state index contributed by atoms with van der Waals surface area (Å²) < 4.78 is 39.1. The van der Waals surface area contributed by atoms with Crippen LogP contribution in [0.25, 0.3) is 0 Å². The Balaban J connectivity index is 3.23. The van der Waals surface area contributed by atoms with Gasteiger partial charge in [-0.2, -0.15) is 13.2 Å². The number of hydrogen-bond donors (Lipinski definition) is 0. The fourth-order valence-electron chi connectivity index (χ4n) is 1.18. The Morgan fingerprint density at radius 3 is 2.15 bits per heavy atom. The van der Waals surface area contributed by atoms with E-state index in [1.54, 1.807) is 13.8 Å². The Morgan fingerprint density at radius 1 is 1.31 bits per heavy atom. The van der Waals surface area contributed by atoms with Crippen molar-refractivity contribution in [1.82, 2.24) is 4.57 Å². The molecule has 13 heavy (non-hydrogen) atoms. The van der Waals surface area contributed by atoms with E-state index in [4.69, 9.17) is 0 Å². The molecule has 0 aliphatic heterocycles. The number of rotatable bonds is 1. The highest BCUT2D eigenvalue weighted by Crippen LogP contribution is 2.33. The second kappa shape index (κ2) is 3.51. The number of aromatic nitrogens is 1. The van der Waals surface area contributed by atoms with Crippen molar-refractivity contribution in [3.05, 3.63) is 21.5 Å². The molecule has 0 atom stereocenters.